The molecule has 0 fully saturated rings. The van der Waals surface area contributed by atoms with Crippen molar-refractivity contribution in [3.8, 4) is 5.75 Å². The minimum absolute atomic E-state index is 0.615. The molecule has 1 aromatic rings. The molecule has 1 N–H and O–H groups in total. The topological polar surface area (TPSA) is 38.3 Å². The van der Waals surface area contributed by atoms with Gasteiger partial charge in [0.1, 0.15) is 5.75 Å². The molecule has 0 aliphatic carbocycles. The molecule has 0 spiro atoms. The fraction of sp³-hybridized carbons (Fsp3) is 0.500. The molecule has 0 amide bonds. The molecule has 3 nitrogen and oxygen atoms in total. The molecule has 0 aromatic heterocycles. The van der Waals surface area contributed by atoms with Crippen LogP contribution in [0.4, 0.5) is 0 Å². The molecular weight excluding hydrogens is 222 g/mol. The molecule has 1 atom stereocenters. The van der Waals surface area contributed by atoms with Gasteiger partial charge in [0, 0.05) is 12.1 Å². The van der Waals surface area contributed by atoms with Crippen molar-refractivity contribution < 1.29 is 8.39 Å². The minimum atomic E-state index is -1.36. The number of hydrogen-bond acceptors (Lipinski definition) is 2. The SMILES string of the molecule is CC.CC.Cc1ccc2c(c1)CNS(=O)O2. The zero-order valence-corrected chi connectivity index (χ0v) is 11.5. The van der Waals surface area contributed by atoms with Gasteiger partial charge in [-0.2, -0.15) is 8.93 Å². The lowest BCUT2D eigenvalue weighted by Gasteiger charge is -2.16. The molecular formula is C12H21NO2S. The van der Waals surface area contributed by atoms with E-state index in [-0.39, 0.29) is 0 Å². The molecule has 16 heavy (non-hydrogen) atoms. The number of hydrogen-bond donors (Lipinski definition) is 1. The Bertz CT molecular complexity index is 340. The van der Waals surface area contributed by atoms with Crippen LogP contribution in [-0.4, -0.2) is 4.21 Å². The van der Waals surface area contributed by atoms with Crippen LogP contribution in [0, 0.1) is 6.92 Å². The largest absolute Gasteiger partial charge is 0.389 e. The molecule has 0 saturated heterocycles. The fourth-order valence-corrected chi connectivity index (χ4v) is 1.83. The lowest BCUT2D eigenvalue weighted by Crippen LogP contribution is -2.26. The number of fused-ring (bicyclic) bond motifs is 1. The number of aryl methyl sites for hydroxylation is 1. The van der Waals surface area contributed by atoms with Gasteiger partial charge >= 0.3 is 0 Å². The highest BCUT2D eigenvalue weighted by molar-refractivity contribution is 7.78. The summed E-state index contributed by atoms with van der Waals surface area (Å²) < 4.78 is 18.7. The lowest BCUT2D eigenvalue weighted by atomic mass is 10.1. The molecule has 1 heterocycles. The van der Waals surface area contributed by atoms with E-state index in [1.54, 1.807) is 0 Å². The first kappa shape index (κ1) is 15.1. The highest BCUT2D eigenvalue weighted by atomic mass is 32.2. The van der Waals surface area contributed by atoms with Gasteiger partial charge in [0.05, 0.1) is 0 Å². The first-order valence-corrected chi connectivity index (χ1v) is 6.76. The highest BCUT2D eigenvalue weighted by Crippen LogP contribution is 2.23. The fourth-order valence-electron chi connectivity index (χ4n) is 1.18. The summed E-state index contributed by atoms with van der Waals surface area (Å²) in [4.78, 5) is 0. The van der Waals surface area contributed by atoms with E-state index >= 15 is 0 Å². The van der Waals surface area contributed by atoms with Gasteiger partial charge in [-0.05, 0) is 13.0 Å². The van der Waals surface area contributed by atoms with Gasteiger partial charge in [-0.25, -0.2) is 0 Å². The van der Waals surface area contributed by atoms with Gasteiger partial charge in [-0.15, -0.1) is 0 Å². The van der Waals surface area contributed by atoms with Crippen molar-refractivity contribution in [3.05, 3.63) is 29.3 Å². The Hall–Kier alpha value is -0.870. The smallest absolute Gasteiger partial charge is 0.288 e. The Morgan fingerprint density at radius 1 is 1.25 bits per heavy atom. The molecule has 1 aliphatic rings. The molecule has 92 valence electrons. The quantitative estimate of drug-likeness (QED) is 0.760. The summed E-state index contributed by atoms with van der Waals surface area (Å²) in [5.74, 6) is 0.720. The van der Waals surface area contributed by atoms with Crippen LogP contribution in [0.3, 0.4) is 0 Å². The molecule has 1 unspecified atom stereocenters. The Morgan fingerprint density at radius 3 is 2.50 bits per heavy atom. The molecule has 0 radical (unpaired) electrons. The lowest BCUT2D eigenvalue weighted by molar-refractivity contribution is 0.524. The maximum Gasteiger partial charge on any atom is 0.288 e. The summed E-state index contributed by atoms with van der Waals surface area (Å²) in [7, 11) is 0. The molecule has 0 bridgehead atoms. The predicted octanol–water partition coefficient (Wildman–Crippen LogP) is 3.11. The van der Waals surface area contributed by atoms with Crippen LogP contribution in [0.1, 0.15) is 38.8 Å². The highest BCUT2D eigenvalue weighted by Gasteiger charge is 2.14. The molecule has 4 heteroatoms. The summed E-state index contributed by atoms with van der Waals surface area (Å²) in [6, 6.07) is 5.82. The second-order valence-electron chi connectivity index (χ2n) is 2.75. The third kappa shape index (κ3) is 4.33. The van der Waals surface area contributed by atoms with Crippen molar-refractivity contribution >= 4 is 11.3 Å². The van der Waals surface area contributed by atoms with Crippen LogP contribution in [0.2, 0.25) is 0 Å². The number of benzene rings is 1. The van der Waals surface area contributed by atoms with Crippen LogP contribution in [0.15, 0.2) is 18.2 Å². The van der Waals surface area contributed by atoms with Crippen molar-refractivity contribution in [1.29, 1.82) is 0 Å². The monoisotopic (exact) mass is 243 g/mol. The summed E-state index contributed by atoms with van der Waals surface area (Å²) in [6.07, 6.45) is 0. The van der Waals surface area contributed by atoms with Crippen molar-refractivity contribution in [3.63, 3.8) is 0 Å². The Kier molecular flexibility index (Phi) is 7.85. The first-order chi connectivity index (χ1) is 7.75. The van der Waals surface area contributed by atoms with Gasteiger partial charge < -0.3 is 4.18 Å². The zero-order chi connectivity index (χ0) is 12.6. The van der Waals surface area contributed by atoms with E-state index in [9.17, 15) is 4.21 Å². The van der Waals surface area contributed by atoms with Crippen molar-refractivity contribution in [2.24, 2.45) is 0 Å². The van der Waals surface area contributed by atoms with Gasteiger partial charge in [-0.1, -0.05) is 45.4 Å². The average molecular weight is 243 g/mol. The van der Waals surface area contributed by atoms with Crippen LogP contribution >= 0.6 is 0 Å². The Morgan fingerprint density at radius 2 is 1.88 bits per heavy atom. The van der Waals surface area contributed by atoms with Gasteiger partial charge in [0.15, 0.2) is 0 Å². The zero-order valence-electron chi connectivity index (χ0n) is 10.7. The third-order valence-corrected chi connectivity index (χ3v) is 2.47. The minimum Gasteiger partial charge on any atom is -0.389 e. The van der Waals surface area contributed by atoms with E-state index in [0.717, 1.165) is 11.3 Å². The Labute approximate surface area is 101 Å². The van der Waals surface area contributed by atoms with Crippen LogP contribution in [0.5, 0.6) is 5.75 Å². The van der Waals surface area contributed by atoms with Crippen LogP contribution < -0.4 is 8.91 Å². The standard InChI is InChI=1S/C8H9NO2S.2C2H6/c1-6-2-3-8-7(4-6)5-9-12(10)11-8;2*1-2/h2-4,9H,5H2,1H3;2*1-2H3. The Balaban J connectivity index is 0.000000509. The second kappa shape index (κ2) is 8.30. The van der Waals surface area contributed by atoms with E-state index in [1.165, 1.54) is 5.56 Å². The summed E-state index contributed by atoms with van der Waals surface area (Å²) >= 11 is -1.36. The van der Waals surface area contributed by atoms with E-state index in [0.29, 0.717) is 6.54 Å². The normalized spacial score (nSPS) is 16.7. The van der Waals surface area contributed by atoms with E-state index in [4.69, 9.17) is 4.18 Å². The molecule has 1 aromatic carbocycles. The first-order valence-electron chi connectivity index (χ1n) is 5.69. The van der Waals surface area contributed by atoms with Gasteiger partial charge in [0.2, 0.25) is 0 Å². The second-order valence-corrected chi connectivity index (χ2v) is 3.68. The van der Waals surface area contributed by atoms with Crippen LogP contribution in [0.25, 0.3) is 0 Å². The van der Waals surface area contributed by atoms with Gasteiger partial charge in [-0.3, -0.25) is 0 Å². The summed E-state index contributed by atoms with van der Waals surface area (Å²) in [5, 5.41) is 0. The molecule has 0 saturated carbocycles. The average Bonchev–Trinajstić information content (AvgIpc) is 2.35. The predicted molar refractivity (Wildman–Crippen MR) is 69.5 cm³/mol. The van der Waals surface area contributed by atoms with Gasteiger partial charge in [0.25, 0.3) is 11.3 Å². The van der Waals surface area contributed by atoms with E-state index in [1.807, 2.05) is 52.8 Å². The third-order valence-electron chi connectivity index (χ3n) is 1.76. The number of nitrogens with one attached hydrogen (secondary N) is 1. The van der Waals surface area contributed by atoms with Crippen molar-refractivity contribution in [2.45, 2.75) is 41.2 Å². The maximum absolute atomic E-state index is 10.9. The molecule has 2 rings (SSSR count). The van der Waals surface area contributed by atoms with E-state index < -0.39 is 11.3 Å². The number of rotatable bonds is 0. The van der Waals surface area contributed by atoms with E-state index in [2.05, 4.69) is 4.72 Å². The maximum atomic E-state index is 10.9. The van der Waals surface area contributed by atoms with Crippen LogP contribution in [-0.2, 0) is 17.8 Å². The summed E-state index contributed by atoms with van der Waals surface area (Å²) in [5.41, 5.74) is 2.25. The summed E-state index contributed by atoms with van der Waals surface area (Å²) in [6.45, 7) is 10.6. The van der Waals surface area contributed by atoms with Crippen molar-refractivity contribution in [2.75, 3.05) is 0 Å². The van der Waals surface area contributed by atoms with Crippen molar-refractivity contribution in [1.82, 2.24) is 4.72 Å². The molecule has 1 aliphatic heterocycles.